The summed E-state index contributed by atoms with van der Waals surface area (Å²) in [5, 5.41) is 6.88. The number of rotatable bonds is 8. The van der Waals surface area contributed by atoms with Crippen molar-refractivity contribution in [1.29, 1.82) is 0 Å². The molecule has 9 nitrogen and oxygen atoms in total. The molecule has 5 rings (SSSR count). The third kappa shape index (κ3) is 5.74. The Hall–Kier alpha value is -3.73. The van der Waals surface area contributed by atoms with Crippen LogP contribution < -0.4 is 24.6 Å². The van der Waals surface area contributed by atoms with Crippen molar-refractivity contribution in [3.05, 3.63) is 76.8 Å². The molecule has 0 radical (unpaired) electrons. The predicted molar refractivity (Wildman–Crippen MR) is 163 cm³/mol. The van der Waals surface area contributed by atoms with Gasteiger partial charge in [0.25, 0.3) is 5.91 Å². The van der Waals surface area contributed by atoms with Crippen molar-refractivity contribution >= 4 is 61.6 Å². The lowest BCUT2D eigenvalue weighted by Gasteiger charge is -2.28. The van der Waals surface area contributed by atoms with Crippen LogP contribution in [-0.2, 0) is 14.8 Å². The van der Waals surface area contributed by atoms with Crippen molar-refractivity contribution < 1.29 is 17.9 Å². The van der Waals surface area contributed by atoms with Crippen LogP contribution >= 0.6 is 11.6 Å². The fourth-order valence-corrected chi connectivity index (χ4v) is 5.91. The molecule has 40 heavy (non-hydrogen) atoms. The average Bonchev–Trinajstić information content (AvgIpc) is 3.21. The second-order valence-corrected chi connectivity index (χ2v) is 12.5. The first-order valence-electron chi connectivity index (χ1n) is 12.8. The number of fused-ring (bicyclic) bond motifs is 2. The molecule has 0 saturated carbocycles. The van der Waals surface area contributed by atoms with Gasteiger partial charge in [0, 0.05) is 42.0 Å². The van der Waals surface area contributed by atoms with E-state index >= 15 is 0 Å². The molecule has 3 aromatic rings. The number of ether oxygens (including phenoxy) is 1. The SMILES string of the molecule is CN(C)CCN(c1ccc(N/C(=C2\C(=O)Nc3cc(Cl)ccc32)c2ccc3c(c2)OCCN3C)cc1)S(C)(=O)=O. The van der Waals surface area contributed by atoms with Crippen molar-refractivity contribution in [1.82, 2.24) is 4.90 Å². The molecule has 11 heteroatoms. The van der Waals surface area contributed by atoms with Crippen molar-refractivity contribution in [2.75, 3.05) is 73.5 Å². The van der Waals surface area contributed by atoms with Crippen LogP contribution in [0.25, 0.3) is 11.3 Å². The number of anilines is 4. The first kappa shape index (κ1) is 27.8. The van der Waals surface area contributed by atoms with Crippen LogP contribution in [-0.4, -0.2) is 72.9 Å². The number of nitrogens with one attached hydrogen (secondary N) is 2. The molecule has 0 saturated heterocycles. The molecule has 2 aliphatic rings. The molecular formula is C29H32ClN5O4S. The summed E-state index contributed by atoms with van der Waals surface area (Å²) in [5.41, 5.74) is 5.45. The van der Waals surface area contributed by atoms with Crippen molar-refractivity contribution in [2.24, 2.45) is 0 Å². The fourth-order valence-electron chi connectivity index (χ4n) is 4.82. The molecular weight excluding hydrogens is 550 g/mol. The number of sulfonamides is 1. The van der Waals surface area contributed by atoms with Crippen LogP contribution in [0, 0.1) is 0 Å². The fraction of sp³-hybridized carbons (Fsp3) is 0.276. The average molecular weight is 582 g/mol. The molecule has 210 valence electrons. The van der Waals surface area contributed by atoms with Gasteiger partial charge >= 0.3 is 0 Å². The Bertz CT molecular complexity index is 1590. The maximum absolute atomic E-state index is 13.3. The molecule has 1 amide bonds. The zero-order valence-electron chi connectivity index (χ0n) is 22.9. The van der Waals surface area contributed by atoms with E-state index in [0.29, 0.717) is 53.1 Å². The normalized spacial score (nSPS) is 15.8. The molecule has 2 aliphatic heterocycles. The lowest BCUT2D eigenvalue weighted by atomic mass is 9.99. The van der Waals surface area contributed by atoms with Crippen LogP contribution in [0.15, 0.2) is 60.7 Å². The quantitative estimate of drug-likeness (QED) is 0.380. The highest BCUT2D eigenvalue weighted by Crippen LogP contribution is 2.41. The van der Waals surface area contributed by atoms with Gasteiger partial charge in [-0.1, -0.05) is 23.7 Å². The minimum absolute atomic E-state index is 0.251. The summed E-state index contributed by atoms with van der Waals surface area (Å²) in [6, 6.07) is 18.3. The third-order valence-corrected chi connectivity index (χ3v) is 8.32. The van der Waals surface area contributed by atoms with Crippen molar-refractivity contribution in [2.45, 2.75) is 0 Å². The number of hydrogen-bond donors (Lipinski definition) is 2. The molecule has 0 fully saturated rings. The van der Waals surface area contributed by atoms with Gasteiger partial charge in [0.2, 0.25) is 10.0 Å². The van der Waals surface area contributed by atoms with Crippen LogP contribution in [0.3, 0.4) is 0 Å². The van der Waals surface area contributed by atoms with E-state index in [9.17, 15) is 13.2 Å². The molecule has 0 unspecified atom stereocenters. The second-order valence-electron chi connectivity index (χ2n) is 10.2. The van der Waals surface area contributed by atoms with Crippen LogP contribution in [0.1, 0.15) is 11.1 Å². The van der Waals surface area contributed by atoms with E-state index in [1.807, 2.05) is 62.4 Å². The van der Waals surface area contributed by atoms with E-state index in [2.05, 4.69) is 15.5 Å². The van der Waals surface area contributed by atoms with Gasteiger partial charge in [-0.2, -0.15) is 0 Å². The smallest absolute Gasteiger partial charge is 0.258 e. The van der Waals surface area contributed by atoms with Gasteiger partial charge in [0.05, 0.1) is 41.1 Å². The summed E-state index contributed by atoms with van der Waals surface area (Å²) in [7, 11) is 2.35. The highest BCUT2D eigenvalue weighted by molar-refractivity contribution is 7.92. The Kier molecular flexibility index (Phi) is 7.67. The topological polar surface area (TPSA) is 94.2 Å². The second kappa shape index (κ2) is 11.0. The molecule has 0 bridgehead atoms. The van der Waals surface area contributed by atoms with E-state index < -0.39 is 10.0 Å². The summed E-state index contributed by atoms with van der Waals surface area (Å²) >= 11 is 6.20. The van der Waals surface area contributed by atoms with Gasteiger partial charge in [-0.25, -0.2) is 8.42 Å². The molecule has 3 aromatic carbocycles. The van der Waals surface area contributed by atoms with Gasteiger partial charge in [-0.3, -0.25) is 9.10 Å². The monoisotopic (exact) mass is 581 g/mol. The number of amides is 1. The van der Waals surface area contributed by atoms with E-state index in [-0.39, 0.29) is 5.91 Å². The molecule has 0 spiro atoms. The summed E-state index contributed by atoms with van der Waals surface area (Å²) in [6.45, 7) is 2.27. The first-order valence-corrected chi connectivity index (χ1v) is 15.1. The number of halogens is 1. The Morgan fingerprint density at radius 1 is 1.07 bits per heavy atom. The Labute approximate surface area is 240 Å². The third-order valence-electron chi connectivity index (χ3n) is 6.90. The molecule has 2 N–H and O–H groups in total. The largest absolute Gasteiger partial charge is 0.490 e. The van der Waals surface area contributed by atoms with Crippen molar-refractivity contribution in [3.8, 4) is 5.75 Å². The van der Waals surface area contributed by atoms with E-state index in [1.54, 1.807) is 24.3 Å². The Balaban J connectivity index is 1.56. The predicted octanol–water partition coefficient (Wildman–Crippen LogP) is 4.43. The molecule has 2 heterocycles. The molecule has 0 aromatic heterocycles. The van der Waals surface area contributed by atoms with Gasteiger partial charge < -0.3 is 25.2 Å². The molecule has 0 atom stereocenters. The Morgan fingerprint density at radius 3 is 2.52 bits per heavy atom. The van der Waals surface area contributed by atoms with Crippen LogP contribution in [0.2, 0.25) is 5.02 Å². The lowest BCUT2D eigenvalue weighted by molar-refractivity contribution is -0.110. The van der Waals surface area contributed by atoms with Crippen LogP contribution in [0.4, 0.5) is 22.7 Å². The minimum atomic E-state index is -3.47. The van der Waals surface area contributed by atoms with Crippen LogP contribution in [0.5, 0.6) is 5.75 Å². The summed E-state index contributed by atoms with van der Waals surface area (Å²) < 4.78 is 32.3. The number of carbonyl (C=O) groups is 1. The van der Waals surface area contributed by atoms with E-state index in [0.717, 1.165) is 29.1 Å². The number of benzene rings is 3. The van der Waals surface area contributed by atoms with Crippen molar-refractivity contribution in [3.63, 3.8) is 0 Å². The number of likely N-dealkylation sites (N-methyl/N-ethyl adjacent to an activating group) is 2. The zero-order valence-corrected chi connectivity index (χ0v) is 24.4. The van der Waals surface area contributed by atoms with E-state index in [4.69, 9.17) is 16.3 Å². The Morgan fingerprint density at radius 2 is 1.82 bits per heavy atom. The minimum Gasteiger partial charge on any atom is -0.490 e. The summed E-state index contributed by atoms with van der Waals surface area (Å²) in [4.78, 5) is 17.4. The van der Waals surface area contributed by atoms with Gasteiger partial charge in [-0.05, 0) is 62.6 Å². The number of carbonyl (C=O) groups excluding carboxylic acids is 1. The van der Waals surface area contributed by atoms with E-state index in [1.165, 1.54) is 10.6 Å². The summed E-state index contributed by atoms with van der Waals surface area (Å²) in [5.74, 6) is 0.486. The highest BCUT2D eigenvalue weighted by Gasteiger charge is 2.29. The van der Waals surface area contributed by atoms with Gasteiger partial charge in [-0.15, -0.1) is 0 Å². The number of hydrogen-bond acceptors (Lipinski definition) is 7. The maximum Gasteiger partial charge on any atom is 0.258 e. The van der Waals surface area contributed by atoms with Gasteiger partial charge in [0.15, 0.2) is 0 Å². The maximum atomic E-state index is 13.3. The number of nitrogens with zero attached hydrogens (tertiary/aromatic N) is 3. The zero-order chi connectivity index (χ0) is 28.6. The molecule has 0 aliphatic carbocycles. The first-order chi connectivity index (χ1) is 19.0. The standard InChI is InChI=1S/C29H32ClN5O4S/c1-33(2)13-14-35(40(4,37)38)22-9-7-21(8-10-22)31-28(19-5-12-25-26(17-19)39-16-15-34(25)3)27-23-11-6-20(30)18-24(23)32-29(27)36/h5-12,17-18,31H,13-16H2,1-4H3,(H,32,36)/b28-27-. The van der Waals surface area contributed by atoms with Gasteiger partial charge in [0.1, 0.15) is 12.4 Å². The highest BCUT2D eigenvalue weighted by atomic mass is 35.5. The lowest BCUT2D eigenvalue weighted by Crippen LogP contribution is -2.35. The summed E-state index contributed by atoms with van der Waals surface area (Å²) in [6.07, 6.45) is 1.20.